The largest absolute Gasteiger partial charge is 0.367 e. The van der Waals surface area contributed by atoms with Crippen LogP contribution in [0.3, 0.4) is 0 Å². The molecule has 2 rings (SSSR count). The molecule has 0 bridgehead atoms. The van der Waals surface area contributed by atoms with Crippen molar-refractivity contribution in [1.82, 2.24) is 9.80 Å². The third kappa shape index (κ3) is 4.98. The van der Waals surface area contributed by atoms with Crippen LogP contribution in [-0.2, 0) is 14.3 Å². The second-order valence-electron chi connectivity index (χ2n) is 5.83. The molecule has 2 amide bonds. The minimum Gasteiger partial charge on any atom is -0.367 e. The fraction of sp³-hybridized carbons (Fsp3) is 0.556. The Bertz CT molecular complexity index is 538. The maximum Gasteiger partial charge on any atom is 0.256 e. The lowest BCUT2D eigenvalue weighted by Crippen LogP contribution is -2.39. The van der Waals surface area contributed by atoms with Crippen LogP contribution in [0, 0.1) is 0 Å². The summed E-state index contributed by atoms with van der Waals surface area (Å²) < 4.78 is 5.45. The highest BCUT2D eigenvalue weighted by molar-refractivity contribution is 7.98. The van der Waals surface area contributed by atoms with Crippen molar-refractivity contribution in [3.63, 3.8) is 0 Å². The fourth-order valence-corrected chi connectivity index (χ4v) is 3.29. The SMILES string of the molecule is CO[C@H](C(=O)N1CCCN(C(=O)CCSC)CC1)c1ccccc1. The summed E-state index contributed by atoms with van der Waals surface area (Å²) in [6.07, 6.45) is 2.80. The van der Waals surface area contributed by atoms with Gasteiger partial charge in [-0.05, 0) is 18.2 Å². The predicted octanol–water partition coefficient (Wildman–Crippen LogP) is 2.19. The van der Waals surface area contributed by atoms with E-state index in [0.29, 0.717) is 26.1 Å². The van der Waals surface area contributed by atoms with Crippen molar-refractivity contribution >= 4 is 23.6 Å². The van der Waals surface area contributed by atoms with Crippen molar-refractivity contribution in [3.8, 4) is 0 Å². The average Bonchev–Trinajstić information content (AvgIpc) is 2.87. The Balaban J connectivity index is 1.97. The fourth-order valence-electron chi connectivity index (χ4n) is 2.91. The number of amides is 2. The summed E-state index contributed by atoms with van der Waals surface area (Å²) in [5.41, 5.74) is 0.863. The Hall–Kier alpha value is -1.53. The summed E-state index contributed by atoms with van der Waals surface area (Å²) >= 11 is 1.68. The van der Waals surface area contributed by atoms with Gasteiger partial charge in [0.1, 0.15) is 0 Å². The van der Waals surface area contributed by atoms with Crippen LogP contribution in [0.1, 0.15) is 24.5 Å². The number of nitrogens with zero attached hydrogens (tertiary/aromatic N) is 2. The molecule has 1 saturated heterocycles. The molecular weight excluding hydrogens is 324 g/mol. The Kier molecular flexibility index (Phi) is 7.59. The minimum absolute atomic E-state index is 0.0258. The molecule has 1 aliphatic rings. The number of ether oxygens (including phenoxy) is 1. The monoisotopic (exact) mass is 350 g/mol. The normalized spacial score (nSPS) is 16.6. The number of methoxy groups -OCH3 is 1. The number of hydrogen-bond acceptors (Lipinski definition) is 4. The summed E-state index contributed by atoms with van der Waals surface area (Å²) in [4.78, 5) is 28.7. The van der Waals surface area contributed by atoms with Gasteiger partial charge in [0.15, 0.2) is 6.10 Å². The van der Waals surface area contributed by atoms with E-state index in [1.807, 2.05) is 46.4 Å². The van der Waals surface area contributed by atoms with Crippen molar-refractivity contribution in [2.75, 3.05) is 45.3 Å². The average molecular weight is 350 g/mol. The molecule has 0 N–H and O–H groups in total. The molecule has 1 heterocycles. The topological polar surface area (TPSA) is 49.9 Å². The van der Waals surface area contributed by atoms with Gasteiger partial charge in [0.2, 0.25) is 5.91 Å². The predicted molar refractivity (Wildman–Crippen MR) is 97.0 cm³/mol. The zero-order valence-electron chi connectivity index (χ0n) is 14.4. The smallest absolute Gasteiger partial charge is 0.256 e. The van der Waals surface area contributed by atoms with E-state index in [1.165, 1.54) is 0 Å². The molecule has 1 aromatic rings. The maximum atomic E-state index is 12.8. The second kappa shape index (κ2) is 9.69. The lowest BCUT2D eigenvalue weighted by atomic mass is 10.1. The first-order chi connectivity index (χ1) is 11.7. The third-order valence-corrected chi connectivity index (χ3v) is 4.86. The molecule has 24 heavy (non-hydrogen) atoms. The van der Waals surface area contributed by atoms with Crippen molar-refractivity contribution in [2.45, 2.75) is 18.9 Å². The molecule has 5 nitrogen and oxygen atoms in total. The highest BCUT2D eigenvalue weighted by Crippen LogP contribution is 2.20. The lowest BCUT2D eigenvalue weighted by Gasteiger charge is -2.26. The molecule has 0 radical (unpaired) electrons. The quantitative estimate of drug-likeness (QED) is 0.789. The summed E-state index contributed by atoms with van der Waals surface area (Å²) in [6.45, 7) is 2.55. The van der Waals surface area contributed by atoms with Crippen LogP contribution in [0.2, 0.25) is 0 Å². The molecule has 6 heteroatoms. The summed E-state index contributed by atoms with van der Waals surface area (Å²) in [5, 5.41) is 0. The highest BCUT2D eigenvalue weighted by Gasteiger charge is 2.28. The van der Waals surface area contributed by atoms with E-state index in [2.05, 4.69) is 0 Å². The van der Waals surface area contributed by atoms with Gasteiger partial charge in [-0.15, -0.1) is 0 Å². The van der Waals surface area contributed by atoms with Crippen molar-refractivity contribution < 1.29 is 14.3 Å². The van der Waals surface area contributed by atoms with Gasteiger partial charge in [0.05, 0.1) is 0 Å². The lowest BCUT2D eigenvalue weighted by molar-refractivity contribution is -0.142. The van der Waals surface area contributed by atoms with Crippen LogP contribution >= 0.6 is 11.8 Å². The molecule has 0 spiro atoms. The van der Waals surface area contributed by atoms with E-state index < -0.39 is 6.10 Å². The first-order valence-electron chi connectivity index (χ1n) is 8.30. The first-order valence-corrected chi connectivity index (χ1v) is 9.70. The zero-order chi connectivity index (χ0) is 17.4. The summed E-state index contributed by atoms with van der Waals surface area (Å²) in [6, 6.07) is 9.54. The van der Waals surface area contributed by atoms with Crippen LogP contribution in [0.5, 0.6) is 0 Å². The molecule has 0 aromatic heterocycles. The molecule has 1 fully saturated rings. The molecule has 1 aliphatic heterocycles. The third-order valence-electron chi connectivity index (χ3n) is 4.24. The number of rotatable bonds is 6. The first kappa shape index (κ1) is 18.8. The van der Waals surface area contributed by atoms with E-state index in [0.717, 1.165) is 24.3 Å². The summed E-state index contributed by atoms with van der Waals surface area (Å²) in [5.74, 6) is 1.00. The molecule has 0 aliphatic carbocycles. The van der Waals surface area contributed by atoms with Crippen LogP contribution in [0.15, 0.2) is 30.3 Å². The maximum absolute atomic E-state index is 12.8. The van der Waals surface area contributed by atoms with Crippen molar-refractivity contribution in [1.29, 1.82) is 0 Å². The number of carbonyl (C=O) groups is 2. The van der Waals surface area contributed by atoms with Gasteiger partial charge in [-0.25, -0.2) is 0 Å². The van der Waals surface area contributed by atoms with Crippen LogP contribution < -0.4 is 0 Å². The zero-order valence-corrected chi connectivity index (χ0v) is 15.3. The number of benzene rings is 1. The van der Waals surface area contributed by atoms with Gasteiger partial charge >= 0.3 is 0 Å². The molecule has 0 unspecified atom stereocenters. The van der Waals surface area contributed by atoms with Crippen molar-refractivity contribution in [2.24, 2.45) is 0 Å². The minimum atomic E-state index is -0.579. The van der Waals surface area contributed by atoms with Gasteiger partial charge in [-0.1, -0.05) is 30.3 Å². The van der Waals surface area contributed by atoms with Crippen LogP contribution in [0.4, 0.5) is 0 Å². The Morgan fingerprint density at radius 2 is 1.79 bits per heavy atom. The van der Waals surface area contributed by atoms with E-state index >= 15 is 0 Å². The Morgan fingerprint density at radius 3 is 2.46 bits per heavy atom. The van der Waals surface area contributed by atoms with Gasteiger partial charge in [-0.2, -0.15) is 11.8 Å². The number of hydrogen-bond donors (Lipinski definition) is 0. The van der Waals surface area contributed by atoms with Gasteiger partial charge < -0.3 is 14.5 Å². The number of thioether (sulfide) groups is 1. The van der Waals surface area contributed by atoms with Crippen molar-refractivity contribution in [3.05, 3.63) is 35.9 Å². The van der Waals surface area contributed by atoms with E-state index in [4.69, 9.17) is 4.74 Å². The van der Waals surface area contributed by atoms with Gasteiger partial charge in [-0.3, -0.25) is 9.59 Å². The second-order valence-corrected chi connectivity index (χ2v) is 6.81. The Morgan fingerprint density at radius 1 is 1.12 bits per heavy atom. The van der Waals surface area contributed by atoms with Gasteiger partial charge in [0.25, 0.3) is 5.91 Å². The van der Waals surface area contributed by atoms with Crippen LogP contribution in [-0.4, -0.2) is 66.9 Å². The van der Waals surface area contributed by atoms with E-state index in [9.17, 15) is 9.59 Å². The van der Waals surface area contributed by atoms with Gasteiger partial charge in [0, 0.05) is 45.5 Å². The summed E-state index contributed by atoms with van der Waals surface area (Å²) in [7, 11) is 1.56. The number of carbonyl (C=O) groups excluding carboxylic acids is 2. The molecule has 0 saturated carbocycles. The standard InChI is InChI=1S/C18H26N2O3S/c1-23-17(15-7-4-3-5-8-15)18(22)20-11-6-10-19(12-13-20)16(21)9-14-24-2/h3-5,7-8,17H,6,9-14H2,1-2H3/t17-/m0/s1. The molecule has 1 aromatic carbocycles. The molecule has 132 valence electrons. The van der Waals surface area contributed by atoms with E-state index in [1.54, 1.807) is 18.9 Å². The highest BCUT2D eigenvalue weighted by atomic mass is 32.2. The van der Waals surface area contributed by atoms with E-state index in [-0.39, 0.29) is 11.8 Å². The molecule has 1 atom stereocenters. The van der Waals surface area contributed by atoms with Crippen LogP contribution in [0.25, 0.3) is 0 Å². The Labute approximate surface area is 148 Å². The molecular formula is C18H26N2O3S.